The van der Waals surface area contributed by atoms with Gasteiger partial charge in [-0.15, -0.1) is 11.3 Å². The molecule has 0 saturated carbocycles. The number of aromatic amines is 1. The fraction of sp³-hybridized carbons (Fsp3) is 0.579. The van der Waals surface area contributed by atoms with E-state index in [0.717, 1.165) is 4.88 Å². The summed E-state index contributed by atoms with van der Waals surface area (Å²) < 4.78 is 7.51. The molecule has 0 aliphatic carbocycles. The second kappa shape index (κ2) is 8.66. The Kier molecular flexibility index (Phi) is 6.42. The van der Waals surface area contributed by atoms with E-state index in [2.05, 4.69) is 15.5 Å². The first-order valence-electron chi connectivity index (χ1n) is 9.65. The van der Waals surface area contributed by atoms with Crippen LogP contribution in [0.15, 0.2) is 17.5 Å². The van der Waals surface area contributed by atoms with Crippen molar-refractivity contribution in [2.75, 3.05) is 13.1 Å². The lowest BCUT2D eigenvalue weighted by atomic mass is 10.0. The lowest BCUT2D eigenvalue weighted by Gasteiger charge is -2.34. The number of nitrogens with one attached hydrogen (secondary N) is 2. The molecule has 2 amide bonds. The van der Waals surface area contributed by atoms with E-state index in [-0.39, 0.29) is 11.9 Å². The van der Waals surface area contributed by atoms with Crippen LogP contribution in [0.25, 0.3) is 10.7 Å². The highest BCUT2D eigenvalue weighted by molar-refractivity contribution is 7.71. The molecule has 2 N–H and O–H groups in total. The molecule has 1 unspecified atom stereocenters. The number of carbonyl (C=O) groups excluding carboxylic acids is 2. The third kappa shape index (κ3) is 5.24. The van der Waals surface area contributed by atoms with Gasteiger partial charge in [0.05, 0.1) is 4.88 Å². The summed E-state index contributed by atoms with van der Waals surface area (Å²) in [6, 6.07) is 3.43. The first-order chi connectivity index (χ1) is 13.7. The largest absolute Gasteiger partial charge is 0.444 e. The van der Waals surface area contributed by atoms with E-state index in [4.69, 9.17) is 17.0 Å². The number of rotatable bonds is 4. The van der Waals surface area contributed by atoms with E-state index >= 15 is 0 Å². The number of ether oxygens (including phenoxy) is 1. The van der Waals surface area contributed by atoms with Gasteiger partial charge in [-0.1, -0.05) is 6.07 Å². The minimum atomic E-state index is -0.528. The number of aromatic nitrogens is 3. The van der Waals surface area contributed by atoms with Gasteiger partial charge < -0.3 is 15.0 Å². The van der Waals surface area contributed by atoms with Gasteiger partial charge >= 0.3 is 6.09 Å². The molecule has 3 rings (SSSR count). The van der Waals surface area contributed by atoms with Crippen LogP contribution in [0.5, 0.6) is 0 Å². The van der Waals surface area contributed by atoms with Gasteiger partial charge in [-0.3, -0.25) is 14.5 Å². The number of thiophene rings is 1. The highest BCUT2D eigenvalue weighted by Crippen LogP contribution is 2.27. The van der Waals surface area contributed by atoms with Crippen LogP contribution in [0.2, 0.25) is 0 Å². The summed E-state index contributed by atoms with van der Waals surface area (Å²) in [5, 5.41) is 12.0. The molecule has 29 heavy (non-hydrogen) atoms. The van der Waals surface area contributed by atoms with E-state index in [1.54, 1.807) is 15.9 Å². The van der Waals surface area contributed by atoms with E-state index in [9.17, 15) is 9.59 Å². The number of likely N-dealkylation sites (tertiary alicyclic amines) is 1. The summed E-state index contributed by atoms with van der Waals surface area (Å²) >= 11 is 6.92. The third-order valence-corrected chi connectivity index (χ3v) is 5.87. The van der Waals surface area contributed by atoms with Gasteiger partial charge in [0, 0.05) is 19.1 Å². The van der Waals surface area contributed by atoms with E-state index in [0.29, 0.717) is 36.5 Å². The average molecular weight is 438 g/mol. The van der Waals surface area contributed by atoms with E-state index in [1.807, 2.05) is 50.1 Å². The Morgan fingerprint density at radius 2 is 2.07 bits per heavy atom. The molecule has 0 bridgehead atoms. The Balaban J connectivity index is 1.61. The van der Waals surface area contributed by atoms with Gasteiger partial charge in [-0.2, -0.15) is 5.10 Å². The molecule has 1 atom stereocenters. The molecule has 3 heterocycles. The maximum absolute atomic E-state index is 13.1. The lowest BCUT2D eigenvalue weighted by molar-refractivity contribution is -0.135. The molecule has 1 saturated heterocycles. The van der Waals surface area contributed by atoms with E-state index < -0.39 is 17.7 Å². The first kappa shape index (κ1) is 21.5. The number of hydrogen-bond acceptors (Lipinski definition) is 6. The summed E-state index contributed by atoms with van der Waals surface area (Å²) in [7, 11) is 0. The van der Waals surface area contributed by atoms with Crippen molar-refractivity contribution in [3.05, 3.63) is 22.3 Å². The van der Waals surface area contributed by atoms with Crippen molar-refractivity contribution in [1.82, 2.24) is 25.0 Å². The van der Waals surface area contributed by atoms with Crippen molar-refractivity contribution >= 4 is 35.6 Å². The van der Waals surface area contributed by atoms with Crippen LogP contribution in [-0.4, -0.2) is 56.4 Å². The Labute approximate surface area is 179 Å². The predicted molar refractivity (Wildman–Crippen MR) is 114 cm³/mol. The fourth-order valence-corrected chi connectivity index (χ4v) is 4.34. The molecular formula is C19H27N5O3S2. The minimum absolute atomic E-state index is 0.00183. The number of piperidine rings is 1. The second-order valence-electron chi connectivity index (χ2n) is 8.12. The highest BCUT2D eigenvalue weighted by Gasteiger charge is 2.30. The molecule has 1 fully saturated rings. The van der Waals surface area contributed by atoms with Gasteiger partial charge in [-0.25, -0.2) is 4.79 Å². The Morgan fingerprint density at radius 1 is 1.38 bits per heavy atom. The van der Waals surface area contributed by atoms with E-state index in [1.165, 1.54) is 0 Å². The van der Waals surface area contributed by atoms with Crippen LogP contribution in [-0.2, 0) is 9.53 Å². The molecule has 158 valence electrons. The Hall–Kier alpha value is -2.20. The normalized spacial score (nSPS) is 16.5. The molecule has 8 nitrogen and oxygen atoms in total. The van der Waals surface area contributed by atoms with Crippen LogP contribution in [0.4, 0.5) is 4.79 Å². The zero-order valence-corrected chi connectivity index (χ0v) is 18.7. The maximum Gasteiger partial charge on any atom is 0.407 e. The maximum atomic E-state index is 13.1. The minimum Gasteiger partial charge on any atom is -0.444 e. The zero-order valence-electron chi connectivity index (χ0n) is 17.1. The summed E-state index contributed by atoms with van der Waals surface area (Å²) in [6.07, 6.45) is 0.958. The summed E-state index contributed by atoms with van der Waals surface area (Å²) in [4.78, 5) is 27.8. The molecule has 2 aromatic heterocycles. The first-order valence-corrected chi connectivity index (χ1v) is 10.9. The van der Waals surface area contributed by atoms with Crippen LogP contribution >= 0.6 is 23.6 Å². The van der Waals surface area contributed by atoms with Crippen molar-refractivity contribution in [3.8, 4) is 10.7 Å². The Morgan fingerprint density at radius 3 is 2.66 bits per heavy atom. The molecule has 0 radical (unpaired) electrons. The van der Waals surface area contributed by atoms with Crippen molar-refractivity contribution in [2.24, 2.45) is 0 Å². The van der Waals surface area contributed by atoms with Crippen molar-refractivity contribution in [3.63, 3.8) is 0 Å². The molecule has 0 aromatic carbocycles. The molecule has 1 aliphatic rings. The standard InChI is InChI=1S/C19H27N5O3S2/c1-12(24-15(21-22-17(24)28)14-6-5-11-29-14)16(25)23-9-7-13(8-10-23)20-18(26)27-19(2,3)4/h5-6,11-13H,7-10H2,1-4H3,(H,20,26)(H,22,28). The van der Waals surface area contributed by atoms with Gasteiger partial charge in [0.2, 0.25) is 5.91 Å². The summed E-state index contributed by atoms with van der Waals surface area (Å²) in [5.41, 5.74) is -0.528. The number of carbonyl (C=O) groups is 2. The SMILES string of the molecule is CC(C(=O)N1CCC(NC(=O)OC(C)(C)C)CC1)n1c(-c2cccs2)n[nH]c1=S. The fourth-order valence-electron chi connectivity index (χ4n) is 3.34. The third-order valence-electron chi connectivity index (χ3n) is 4.72. The van der Waals surface area contributed by atoms with Crippen LogP contribution < -0.4 is 5.32 Å². The number of alkyl carbamates (subject to hydrolysis) is 1. The number of H-pyrrole nitrogens is 1. The Bertz CT molecular complexity index is 905. The van der Waals surface area contributed by atoms with Crippen LogP contribution in [0.3, 0.4) is 0 Å². The summed E-state index contributed by atoms with van der Waals surface area (Å²) in [6.45, 7) is 8.49. The molecular weight excluding hydrogens is 410 g/mol. The van der Waals surface area contributed by atoms with Gasteiger partial charge in [0.25, 0.3) is 0 Å². The van der Waals surface area contributed by atoms with Crippen molar-refractivity contribution in [2.45, 2.75) is 58.2 Å². The number of amides is 2. The van der Waals surface area contributed by atoms with Crippen LogP contribution in [0, 0.1) is 4.77 Å². The van der Waals surface area contributed by atoms with Crippen molar-refractivity contribution in [1.29, 1.82) is 0 Å². The molecule has 10 heteroatoms. The van der Waals surface area contributed by atoms with Gasteiger partial charge in [0.15, 0.2) is 10.6 Å². The second-order valence-corrected chi connectivity index (χ2v) is 9.46. The highest BCUT2D eigenvalue weighted by atomic mass is 32.1. The van der Waals surface area contributed by atoms with Gasteiger partial charge in [0.1, 0.15) is 11.6 Å². The molecule has 0 spiro atoms. The molecule has 2 aromatic rings. The number of nitrogens with zero attached hydrogens (tertiary/aromatic N) is 3. The molecule has 1 aliphatic heterocycles. The quantitative estimate of drug-likeness (QED) is 0.711. The zero-order chi connectivity index (χ0) is 21.2. The number of hydrogen-bond donors (Lipinski definition) is 2. The van der Waals surface area contributed by atoms with Crippen molar-refractivity contribution < 1.29 is 14.3 Å². The topological polar surface area (TPSA) is 92.2 Å². The van der Waals surface area contributed by atoms with Gasteiger partial charge in [-0.05, 0) is 64.2 Å². The monoisotopic (exact) mass is 437 g/mol. The predicted octanol–water partition coefficient (Wildman–Crippen LogP) is 3.75. The summed E-state index contributed by atoms with van der Waals surface area (Å²) in [5.74, 6) is 0.670. The van der Waals surface area contributed by atoms with Crippen LogP contribution in [0.1, 0.15) is 46.6 Å². The average Bonchev–Trinajstić information content (AvgIpc) is 3.29. The smallest absolute Gasteiger partial charge is 0.407 e. The lowest BCUT2D eigenvalue weighted by Crippen LogP contribution is -2.48.